The number of nitrogens with zero attached hydrogens (tertiary/aromatic N) is 3. The van der Waals surface area contributed by atoms with Gasteiger partial charge in [-0.25, -0.2) is 9.48 Å². The summed E-state index contributed by atoms with van der Waals surface area (Å²) in [6, 6.07) is 13.3. The topological polar surface area (TPSA) is 72.5 Å². The van der Waals surface area contributed by atoms with Crippen molar-refractivity contribution in [3.05, 3.63) is 72.4 Å². The summed E-state index contributed by atoms with van der Waals surface area (Å²) in [6.45, 7) is 1.73. The van der Waals surface area contributed by atoms with Crippen molar-refractivity contribution in [3.63, 3.8) is 0 Å². The number of hydrogen-bond acceptors (Lipinski definition) is 4. The standard InChI is InChI=1S/C19H22N4O3/c1-25-11-9-22(15-18-8-5-10-26-18)19(24)20-12-16-13-21-23(14-16)17-6-3-2-4-7-17/h2-8,10,13-14H,9,11-12,15H2,1H3,(H,20,24). The summed E-state index contributed by atoms with van der Waals surface area (Å²) < 4.78 is 12.2. The van der Waals surface area contributed by atoms with Crippen LogP contribution in [0.25, 0.3) is 5.69 Å². The lowest BCUT2D eigenvalue weighted by atomic mass is 10.3. The molecule has 0 radical (unpaired) electrons. The largest absolute Gasteiger partial charge is 0.467 e. The Hall–Kier alpha value is -3.06. The molecular weight excluding hydrogens is 332 g/mol. The molecule has 0 saturated heterocycles. The van der Waals surface area contributed by atoms with Crippen LogP contribution in [-0.2, 0) is 17.8 Å². The molecule has 3 aromatic rings. The van der Waals surface area contributed by atoms with Crippen molar-refractivity contribution in [1.82, 2.24) is 20.0 Å². The number of carbonyl (C=O) groups excluding carboxylic acids is 1. The second-order valence-corrected chi connectivity index (χ2v) is 5.78. The molecule has 0 aliphatic rings. The average molecular weight is 354 g/mol. The van der Waals surface area contributed by atoms with Gasteiger partial charge < -0.3 is 19.4 Å². The predicted octanol–water partition coefficient (Wildman–Crippen LogP) is 2.82. The van der Waals surface area contributed by atoms with Crippen LogP contribution in [0.5, 0.6) is 0 Å². The predicted molar refractivity (Wildman–Crippen MR) is 96.8 cm³/mol. The van der Waals surface area contributed by atoms with Crippen LogP contribution in [0, 0.1) is 0 Å². The third-order valence-electron chi connectivity index (χ3n) is 3.88. The molecule has 136 valence electrons. The first-order valence-corrected chi connectivity index (χ1v) is 8.39. The van der Waals surface area contributed by atoms with Gasteiger partial charge in [0.1, 0.15) is 5.76 Å². The summed E-state index contributed by atoms with van der Waals surface area (Å²) in [7, 11) is 1.61. The van der Waals surface area contributed by atoms with Gasteiger partial charge in [-0.3, -0.25) is 0 Å². The van der Waals surface area contributed by atoms with E-state index in [1.165, 1.54) is 0 Å². The molecule has 2 aromatic heterocycles. The summed E-state index contributed by atoms with van der Waals surface area (Å²) >= 11 is 0. The molecule has 0 atom stereocenters. The van der Waals surface area contributed by atoms with Gasteiger partial charge in [-0.05, 0) is 24.3 Å². The number of methoxy groups -OCH3 is 1. The van der Waals surface area contributed by atoms with Crippen molar-refractivity contribution >= 4 is 6.03 Å². The molecule has 3 rings (SSSR count). The molecule has 7 heteroatoms. The van der Waals surface area contributed by atoms with Gasteiger partial charge in [0.2, 0.25) is 0 Å². The van der Waals surface area contributed by atoms with Crippen molar-refractivity contribution in [3.8, 4) is 5.69 Å². The lowest BCUT2D eigenvalue weighted by Crippen LogP contribution is -2.40. The van der Waals surface area contributed by atoms with Crippen LogP contribution in [0.2, 0.25) is 0 Å². The minimum atomic E-state index is -0.175. The molecule has 2 amide bonds. The van der Waals surface area contributed by atoms with E-state index in [0.717, 1.165) is 17.0 Å². The number of urea groups is 1. The van der Waals surface area contributed by atoms with Crippen LogP contribution in [0.3, 0.4) is 0 Å². The van der Waals surface area contributed by atoms with Gasteiger partial charge in [0, 0.05) is 32.0 Å². The molecule has 0 unspecified atom stereocenters. The summed E-state index contributed by atoms with van der Waals surface area (Å²) in [5.41, 5.74) is 1.90. The number of benzene rings is 1. The van der Waals surface area contributed by atoms with E-state index in [0.29, 0.717) is 26.2 Å². The fraction of sp³-hybridized carbons (Fsp3) is 0.263. The number of hydrogen-bond donors (Lipinski definition) is 1. The molecule has 26 heavy (non-hydrogen) atoms. The van der Waals surface area contributed by atoms with E-state index in [4.69, 9.17) is 9.15 Å². The maximum absolute atomic E-state index is 12.5. The quantitative estimate of drug-likeness (QED) is 0.675. The Balaban J connectivity index is 1.58. The zero-order valence-electron chi connectivity index (χ0n) is 14.7. The van der Waals surface area contributed by atoms with E-state index in [-0.39, 0.29) is 6.03 Å². The molecule has 7 nitrogen and oxygen atoms in total. The van der Waals surface area contributed by atoms with E-state index < -0.39 is 0 Å². The number of furan rings is 1. The van der Waals surface area contributed by atoms with Gasteiger partial charge in [-0.1, -0.05) is 18.2 Å². The SMILES string of the molecule is COCCN(Cc1ccco1)C(=O)NCc1cnn(-c2ccccc2)c1. The van der Waals surface area contributed by atoms with Gasteiger partial charge in [0.25, 0.3) is 0 Å². The molecule has 0 aliphatic heterocycles. The smallest absolute Gasteiger partial charge is 0.318 e. The number of para-hydroxylation sites is 1. The van der Waals surface area contributed by atoms with Crippen molar-refractivity contribution in [2.75, 3.05) is 20.3 Å². The average Bonchev–Trinajstić information content (AvgIpc) is 3.36. The molecule has 1 N–H and O–H groups in total. The Kier molecular flexibility index (Phi) is 6.05. The maximum Gasteiger partial charge on any atom is 0.318 e. The highest BCUT2D eigenvalue weighted by Gasteiger charge is 2.15. The Morgan fingerprint density at radius 3 is 2.85 bits per heavy atom. The van der Waals surface area contributed by atoms with E-state index in [9.17, 15) is 4.79 Å². The minimum absolute atomic E-state index is 0.175. The van der Waals surface area contributed by atoms with Gasteiger partial charge in [-0.2, -0.15) is 5.10 Å². The van der Waals surface area contributed by atoms with E-state index in [1.54, 1.807) is 35.2 Å². The van der Waals surface area contributed by atoms with E-state index in [2.05, 4.69) is 10.4 Å². The Labute approximate surface area is 152 Å². The molecular formula is C19H22N4O3. The highest BCUT2D eigenvalue weighted by Crippen LogP contribution is 2.09. The molecule has 0 spiro atoms. The molecule has 2 heterocycles. The highest BCUT2D eigenvalue weighted by atomic mass is 16.5. The first kappa shape index (κ1) is 17.8. The lowest BCUT2D eigenvalue weighted by Gasteiger charge is -2.21. The number of rotatable bonds is 8. The van der Waals surface area contributed by atoms with Crippen LogP contribution in [0.4, 0.5) is 4.79 Å². The van der Waals surface area contributed by atoms with Crippen molar-refractivity contribution in [1.29, 1.82) is 0 Å². The van der Waals surface area contributed by atoms with Crippen LogP contribution >= 0.6 is 0 Å². The van der Waals surface area contributed by atoms with Crippen LogP contribution < -0.4 is 5.32 Å². The minimum Gasteiger partial charge on any atom is -0.467 e. The fourth-order valence-electron chi connectivity index (χ4n) is 2.51. The van der Waals surface area contributed by atoms with E-state index in [1.807, 2.05) is 42.6 Å². The van der Waals surface area contributed by atoms with Crippen LogP contribution in [0.1, 0.15) is 11.3 Å². The summed E-state index contributed by atoms with van der Waals surface area (Å²) in [5.74, 6) is 0.730. The molecule has 1 aromatic carbocycles. The summed E-state index contributed by atoms with van der Waals surface area (Å²) in [5, 5.41) is 7.26. The summed E-state index contributed by atoms with van der Waals surface area (Å²) in [4.78, 5) is 14.2. The second-order valence-electron chi connectivity index (χ2n) is 5.78. The van der Waals surface area contributed by atoms with Crippen LogP contribution in [-0.4, -0.2) is 41.0 Å². The fourth-order valence-corrected chi connectivity index (χ4v) is 2.51. The van der Waals surface area contributed by atoms with Crippen molar-refractivity contribution in [2.24, 2.45) is 0 Å². The van der Waals surface area contributed by atoms with Crippen LogP contribution in [0.15, 0.2) is 65.5 Å². The van der Waals surface area contributed by atoms with E-state index >= 15 is 0 Å². The van der Waals surface area contributed by atoms with Gasteiger partial charge in [0.15, 0.2) is 0 Å². The summed E-state index contributed by atoms with van der Waals surface area (Å²) in [6.07, 6.45) is 5.25. The van der Waals surface area contributed by atoms with Gasteiger partial charge in [-0.15, -0.1) is 0 Å². The Morgan fingerprint density at radius 2 is 2.12 bits per heavy atom. The van der Waals surface area contributed by atoms with Crippen molar-refractivity contribution in [2.45, 2.75) is 13.1 Å². The maximum atomic E-state index is 12.5. The first-order valence-electron chi connectivity index (χ1n) is 8.39. The number of amides is 2. The molecule has 0 bridgehead atoms. The van der Waals surface area contributed by atoms with Gasteiger partial charge in [0.05, 0.1) is 31.3 Å². The third-order valence-corrected chi connectivity index (χ3v) is 3.88. The number of ether oxygens (including phenoxy) is 1. The molecule has 0 saturated carbocycles. The molecule has 0 aliphatic carbocycles. The van der Waals surface area contributed by atoms with Gasteiger partial charge >= 0.3 is 6.03 Å². The number of aromatic nitrogens is 2. The second kappa shape index (κ2) is 8.87. The lowest BCUT2D eigenvalue weighted by molar-refractivity contribution is 0.142. The zero-order valence-corrected chi connectivity index (χ0v) is 14.7. The number of carbonyl (C=O) groups is 1. The number of nitrogens with one attached hydrogen (secondary N) is 1. The normalized spacial score (nSPS) is 10.7. The third kappa shape index (κ3) is 4.73. The van der Waals surface area contributed by atoms with Crippen molar-refractivity contribution < 1.29 is 13.9 Å². The first-order chi connectivity index (χ1) is 12.8. The molecule has 0 fully saturated rings. The Bertz CT molecular complexity index is 799. The monoisotopic (exact) mass is 354 g/mol. The Morgan fingerprint density at radius 1 is 1.27 bits per heavy atom. The zero-order chi connectivity index (χ0) is 18.2. The highest BCUT2D eigenvalue weighted by molar-refractivity contribution is 5.74.